The molecular formula is C22H19N5O2. The third-order valence-electron chi connectivity index (χ3n) is 4.67. The molecule has 2 N–H and O–H groups in total. The van der Waals surface area contributed by atoms with Gasteiger partial charge in [-0.3, -0.25) is 14.3 Å². The quantitative estimate of drug-likeness (QED) is 0.563. The molecule has 0 radical (unpaired) electrons. The number of nitrogens with zero attached hydrogens (tertiary/aromatic N) is 3. The molecular weight excluding hydrogens is 366 g/mol. The zero-order chi connectivity index (χ0) is 20.4. The maximum Gasteiger partial charge on any atom is 0.277 e. The molecule has 7 heteroatoms. The maximum atomic E-state index is 13.2. The highest BCUT2D eigenvalue weighted by molar-refractivity contribution is 6.10. The van der Waals surface area contributed by atoms with Crippen molar-refractivity contribution in [2.24, 2.45) is 7.05 Å². The van der Waals surface area contributed by atoms with E-state index in [1.807, 2.05) is 67.6 Å². The van der Waals surface area contributed by atoms with Gasteiger partial charge in [0.05, 0.1) is 11.9 Å². The van der Waals surface area contributed by atoms with Crippen LogP contribution >= 0.6 is 0 Å². The van der Waals surface area contributed by atoms with E-state index < -0.39 is 11.5 Å². The maximum absolute atomic E-state index is 13.2. The van der Waals surface area contributed by atoms with E-state index >= 15 is 0 Å². The molecule has 2 heterocycles. The van der Waals surface area contributed by atoms with Crippen LogP contribution in [0.1, 0.15) is 15.9 Å². The number of carbonyl (C=O) groups excluding carboxylic acids is 1. The van der Waals surface area contributed by atoms with Gasteiger partial charge in [0.1, 0.15) is 11.4 Å². The van der Waals surface area contributed by atoms with Gasteiger partial charge in [0.2, 0.25) is 0 Å². The second-order valence-corrected chi connectivity index (χ2v) is 6.64. The SMILES string of the molecule is Cc1cnn(C)c1NC(=O)c1c(-c2ccccc2)c(-c2ccccc2)n[nH]c1=O. The topological polar surface area (TPSA) is 92.7 Å². The van der Waals surface area contributed by atoms with Crippen LogP contribution < -0.4 is 10.9 Å². The highest BCUT2D eigenvalue weighted by Gasteiger charge is 2.24. The number of H-pyrrole nitrogens is 1. The van der Waals surface area contributed by atoms with E-state index in [1.165, 1.54) is 0 Å². The molecule has 29 heavy (non-hydrogen) atoms. The predicted octanol–water partition coefficient (Wildman–Crippen LogP) is 3.40. The third-order valence-corrected chi connectivity index (χ3v) is 4.67. The molecule has 0 fully saturated rings. The fourth-order valence-corrected chi connectivity index (χ4v) is 3.25. The second kappa shape index (κ2) is 7.55. The van der Waals surface area contributed by atoms with Gasteiger partial charge in [-0.1, -0.05) is 60.7 Å². The molecule has 0 aliphatic carbocycles. The smallest absolute Gasteiger partial charge is 0.277 e. The summed E-state index contributed by atoms with van der Waals surface area (Å²) >= 11 is 0. The number of nitrogens with one attached hydrogen (secondary N) is 2. The first-order chi connectivity index (χ1) is 14.1. The van der Waals surface area contributed by atoms with Crippen LogP contribution in [0.25, 0.3) is 22.4 Å². The number of carbonyl (C=O) groups is 1. The Bertz CT molecular complexity index is 1210. The predicted molar refractivity (Wildman–Crippen MR) is 112 cm³/mol. The van der Waals surface area contributed by atoms with Gasteiger partial charge < -0.3 is 5.32 Å². The van der Waals surface area contributed by atoms with Crippen molar-refractivity contribution in [2.75, 3.05) is 5.32 Å². The summed E-state index contributed by atoms with van der Waals surface area (Å²) in [7, 11) is 1.73. The number of rotatable bonds is 4. The Hall–Kier alpha value is -4.00. The molecule has 4 rings (SSSR count). The lowest BCUT2D eigenvalue weighted by molar-refractivity contribution is 0.102. The molecule has 144 valence electrons. The van der Waals surface area contributed by atoms with E-state index in [4.69, 9.17) is 0 Å². The Balaban J connectivity index is 1.93. The van der Waals surface area contributed by atoms with Crippen LogP contribution in [-0.4, -0.2) is 25.9 Å². The zero-order valence-corrected chi connectivity index (χ0v) is 16.0. The molecule has 0 saturated carbocycles. The summed E-state index contributed by atoms with van der Waals surface area (Å²) in [5.41, 5.74) is 2.80. The van der Waals surface area contributed by atoms with Crippen LogP contribution in [0.2, 0.25) is 0 Å². The van der Waals surface area contributed by atoms with Crippen molar-refractivity contribution in [3.05, 3.63) is 88.3 Å². The minimum atomic E-state index is -0.555. The van der Waals surface area contributed by atoms with Gasteiger partial charge in [-0.05, 0) is 12.5 Å². The fraction of sp³-hybridized carbons (Fsp3) is 0.0909. The molecule has 0 bridgehead atoms. The second-order valence-electron chi connectivity index (χ2n) is 6.64. The summed E-state index contributed by atoms with van der Waals surface area (Å²) in [6.45, 7) is 1.84. The Morgan fingerprint density at radius 3 is 2.21 bits per heavy atom. The molecule has 0 unspecified atom stereocenters. The zero-order valence-electron chi connectivity index (χ0n) is 16.0. The number of aryl methyl sites for hydroxylation is 2. The van der Waals surface area contributed by atoms with Crippen molar-refractivity contribution in [3.8, 4) is 22.4 Å². The third kappa shape index (κ3) is 3.45. The van der Waals surface area contributed by atoms with Gasteiger partial charge in [0, 0.05) is 23.7 Å². The molecule has 2 aromatic carbocycles. The number of aromatic amines is 1. The monoisotopic (exact) mass is 385 g/mol. The molecule has 1 amide bonds. The highest BCUT2D eigenvalue weighted by Crippen LogP contribution is 2.32. The first-order valence-electron chi connectivity index (χ1n) is 9.09. The highest BCUT2D eigenvalue weighted by atomic mass is 16.2. The summed E-state index contributed by atoms with van der Waals surface area (Å²) in [5.74, 6) is 0.0165. The van der Waals surface area contributed by atoms with Gasteiger partial charge in [0.15, 0.2) is 0 Å². The first-order valence-corrected chi connectivity index (χ1v) is 9.09. The molecule has 0 spiro atoms. The van der Waals surface area contributed by atoms with Gasteiger partial charge in [-0.25, -0.2) is 5.10 Å². The molecule has 0 saturated heterocycles. The number of hydrogen-bond donors (Lipinski definition) is 2. The van der Waals surface area contributed by atoms with Crippen LogP contribution in [-0.2, 0) is 7.05 Å². The van der Waals surface area contributed by atoms with E-state index in [2.05, 4.69) is 20.6 Å². The van der Waals surface area contributed by atoms with Crippen LogP contribution in [0.5, 0.6) is 0 Å². The van der Waals surface area contributed by atoms with E-state index in [-0.39, 0.29) is 5.56 Å². The number of hydrogen-bond acceptors (Lipinski definition) is 4. The van der Waals surface area contributed by atoms with Crippen LogP contribution in [0.4, 0.5) is 5.82 Å². The van der Waals surface area contributed by atoms with Gasteiger partial charge >= 0.3 is 0 Å². The van der Waals surface area contributed by atoms with E-state index in [1.54, 1.807) is 17.9 Å². The van der Waals surface area contributed by atoms with Crippen molar-refractivity contribution >= 4 is 11.7 Å². The summed E-state index contributed by atoms with van der Waals surface area (Å²) < 4.78 is 1.56. The normalized spacial score (nSPS) is 10.7. The minimum Gasteiger partial charge on any atom is -0.306 e. The fourth-order valence-electron chi connectivity index (χ4n) is 3.25. The Morgan fingerprint density at radius 1 is 1.00 bits per heavy atom. The molecule has 7 nitrogen and oxygen atoms in total. The Kier molecular flexibility index (Phi) is 4.78. The van der Waals surface area contributed by atoms with Gasteiger partial charge in [0.25, 0.3) is 11.5 Å². The van der Waals surface area contributed by atoms with Gasteiger partial charge in [-0.2, -0.15) is 10.2 Å². The number of aromatic nitrogens is 4. The molecule has 2 aromatic heterocycles. The lowest BCUT2D eigenvalue weighted by Gasteiger charge is -2.14. The lowest BCUT2D eigenvalue weighted by atomic mass is 9.95. The van der Waals surface area contributed by atoms with Crippen molar-refractivity contribution in [1.82, 2.24) is 20.0 Å². The van der Waals surface area contributed by atoms with Crippen molar-refractivity contribution in [1.29, 1.82) is 0 Å². The van der Waals surface area contributed by atoms with Gasteiger partial charge in [-0.15, -0.1) is 0 Å². The van der Waals surface area contributed by atoms with Crippen LogP contribution in [0, 0.1) is 6.92 Å². The average molecular weight is 385 g/mol. The molecule has 0 atom stereocenters. The number of anilines is 1. The van der Waals surface area contributed by atoms with Crippen LogP contribution in [0.3, 0.4) is 0 Å². The Labute approximate surface area is 167 Å². The molecule has 4 aromatic rings. The summed E-state index contributed by atoms with van der Waals surface area (Å²) in [5, 5.41) is 13.7. The van der Waals surface area contributed by atoms with Crippen LogP contribution in [0.15, 0.2) is 71.7 Å². The van der Waals surface area contributed by atoms with Crippen molar-refractivity contribution < 1.29 is 4.79 Å². The molecule has 0 aliphatic heterocycles. The standard InChI is InChI=1S/C22H19N5O2/c1-14-13-23-27(2)20(14)24-21(28)18-17(15-9-5-3-6-10-15)19(25-26-22(18)29)16-11-7-4-8-12-16/h3-13H,1-2H3,(H,24,28)(H,26,29). The number of amides is 1. The van der Waals surface area contributed by atoms with E-state index in [0.717, 1.165) is 16.7 Å². The Morgan fingerprint density at radius 2 is 1.62 bits per heavy atom. The van der Waals surface area contributed by atoms with Crippen molar-refractivity contribution in [2.45, 2.75) is 6.92 Å². The van der Waals surface area contributed by atoms with E-state index in [0.29, 0.717) is 17.1 Å². The summed E-state index contributed by atoms with van der Waals surface area (Å²) in [4.78, 5) is 26.0. The van der Waals surface area contributed by atoms with E-state index in [9.17, 15) is 9.59 Å². The lowest BCUT2D eigenvalue weighted by Crippen LogP contribution is -2.27. The minimum absolute atomic E-state index is 0.00523. The average Bonchev–Trinajstić information content (AvgIpc) is 3.06. The van der Waals surface area contributed by atoms with Crippen molar-refractivity contribution in [3.63, 3.8) is 0 Å². The first kappa shape index (κ1) is 18.4. The largest absolute Gasteiger partial charge is 0.306 e. The molecule has 0 aliphatic rings. The summed E-state index contributed by atoms with van der Waals surface area (Å²) in [6, 6.07) is 18.8. The summed E-state index contributed by atoms with van der Waals surface area (Å²) in [6.07, 6.45) is 1.65. The number of benzene rings is 2.